The van der Waals surface area contributed by atoms with Crippen molar-refractivity contribution in [2.45, 2.75) is 25.4 Å². The van der Waals surface area contributed by atoms with Gasteiger partial charge >= 0.3 is 6.03 Å². The van der Waals surface area contributed by atoms with Crippen molar-refractivity contribution in [2.24, 2.45) is 0 Å². The maximum absolute atomic E-state index is 13.4. The fourth-order valence-electron chi connectivity index (χ4n) is 4.07. The highest BCUT2D eigenvalue weighted by molar-refractivity contribution is 7.91. The first kappa shape index (κ1) is 17.9. The summed E-state index contributed by atoms with van der Waals surface area (Å²) in [6.07, 6.45) is 0.770. The second kappa shape index (κ2) is 6.56. The van der Waals surface area contributed by atoms with E-state index in [1.807, 2.05) is 31.2 Å². The molecule has 2 saturated heterocycles. The molecular formula is C20H22N2O4S. The van der Waals surface area contributed by atoms with E-state index >= 15 is 0 Å². The topological polar surface area (TPSA) is 66.9 Å². The van der Waals surface area contributed by atoms with Crippen LogP contribution < -0.4 is 14.5 Å². The Bertz CT molecular complexity index is 972. The summed E-state index contributed by atoms with van der Waals surface area (Å²) in [6.45, 7) is 2.03. The number of methoxy groups -OCH3 is 1. The molecule has 2 aliphatic heterocycles. The second-order valence-electron chi connectivity index (χ2n) is 6.91. The zero-order valence-corrected chi connectivity index (χ0v) is 16.1. The van der Waals surface area contributed by atoms with Gasteiger partial charge in [-0.1, -0.05) is 25.1 Å². The Balaban J connectivity index is 1.80. The number of carbonyl (C=O) groups is 1. The SMILES string of the molecule is CCc1ccccc1N1C(=O)N(c2ccc(OC)cc2)[C@@H]2CS(=O)(=O)C[C@H]21. The van der Waals surface area contributed by atoms with E-state index in [0.29, 0.717) is 11.4 Å². The minimum Gasteiger partial charge on any atom is -0.497 e. The molecule has 6 nitrogen and oxygen atoms in total. The van der Waals surface area contributed by atoms with Crippen LogP contribution in [0.2, 0.25) is 0 Å². The van der Waals surface area contributed by atoms with E-state index in [1.54, 1.807) is 41.2 Å². The minimum atomic E-state index is -3.20. The number of amides is 2. The molecular weight excluding hydrogens is 364 g/mol. The molecule has 2 aromatic carbocycles. The summed E-state index contributed by atoms with van der Waals surface area (Å²) < 4.78 is 29.9. The van der Waals surface area contributed by atoms with Gasteiger partial charge in [0.1, 0.15) is 5.75 Å². The molecule has 2 aromatic rings. The number of fused-ring (bicyclic) bond motifs is 1. The molecule has 0 aliphatic carbocycles. The van der Waals surface area contributed by atoms with E-state index in [0.717, 1.165) is 17.7 Å². The Morgan fingerprint density at radius 1 is 1.00 bits per heavy atom. The molecule has 2 fully saturated rings. The van der Waals surface area contributed by atoms with Gasteiger partial charge in [-0.3, -0.25) is 9.80 Å². The summed E-state index contributed by atoms with van der Waals surface area (Å²) in [4.78, 5) is 16.7. The molecule has 0 radical (unpaired) electrons. The summed E-state index contributed by atoms with van der Waals surface area (Å²) in [7, 11) is -1.62. The number of nitrogens with zero attached hydrogens (tertiary/aromatic N) is 2. The van der Waals surface area contributed by atoms with Crippen LogP contribution in [0.4, 0.5) is 16.2 Å². The molecule has 0 unspecified atom stereocenters. The van der Waals surface area contributed by atoms with Gasteiger partial charge in [0.25, 0.3) is 0 Å². The Morgan fingerprint density at radius 2 is 1.63 bits per heavy atom. The lowest BCUT2D eigenvalue weighted by molar-refractivity contribution is 0.255. The first-order chi connectivity index (χ1) is 12.9. The van der Waals surface area contributed by atoms with E-state index < -0.39 is 9.84 Å². The van der Waals surface area contributed by atoms with Gasteiger partial charge in [-0.25, -0.2) is 13.2 Å². The number of para-hydroxylation sites is 1. The maximum atomic E-state index is 13.4. The van der Waals surface area contributed by atoms with Gasteiger partial charge in [0.2, 0.25) is 0 Å². The van der Waals surface area contributed by atoms with Crippen molar-refractivity contribution < 1.29 is 17.9 Å². The van der Waals surface area contributed by atoms with Crippen molar-refractivity contribution in [3.8, 4) is 5.75 Å². The van der Waals surface area contributed by atoms with Gasteiger partial charge in [0.05, 0.1) is 30.7 Å². The van der Waals surface area contributed by atoms with E-state index in [2.05, 4.69) is 0 Å². The molecule has 0 bridgehead atoms. The molecule has 0 spiro atoms. The van der Waals surface area contributed by atoms with Gasteiger partial charge in [-0.15, -0.1) is 0 Å². The summed E-state index contributed by atoms with van der Waals surface area (Å²) in [5, 5.41) is 0. The number of sulfone groups is 1. The summed E-state index contributed by atoms with van der Waals surface area (Å²) in [5.74, 6) is 0.670. The van der Waals surface area contributed by atoms with Crippen molar-refractivity contribution in [2.75, 3.05) is 28.4 Å². The molecule has 0 saturated carbocycles. The van der Waals surface area contributed by atoms with E-state index in [1.165, 1.54) is 0 Å². The summed E-state index contributed by atoms with van der Waals surface area (Å²) in [5.41, 5.74) is 2.52. The van der Waals surface area contributed by atoms with Crippen LogP contribution in [-0.2, 0) is 16.3 Å². The minimum absolute atomic E-state index is 0.00584. The van der Waals surface area contributed by atoms with Gasteiger partial charge in [-0.05, 0) is 42.3 Å². The van der Waals surface area contributed by atoms with Crippen LogP contribution >= 0.6 is 0 Å². The van der Waals surface area contributed by atoms with Crippen LogP contribution in [0.25, 0.3) is 0 Å². The van der Waals surface area contributed by atoms with Gasteiger partial charge in [-0.2, -0.15) is 0 Å². The average Bonchev–Trinajstić information content (AvgIpc) is 3.10. The molecule has 2 atom stereocenters. The summed E-state index contributed by atoms with van der Waals surface area (Å²) in [6, 6.07) is 13.9. The van der Waals surface area contributed by atoms with Crippen molar-refractivity contribution >= 4 is 27.2 Å². The van der Waals surface area contributed by atoms with E-state index in [-0.39, 0.29) is 29.6 Å². The normalized spacial score (nSPS) is 23.6. The van der Waals surface area contributed by atoms with Gasteiger partial charge in [0.15, 0.2) is 9.84 Å². The van der Waals surface area contributed by atoms with Crippen LogP contribution in [-0.4, -0.2) is 45.1 Å². The molecule has 2 aliphatic rings. The number of hydrogen-bond acceptors (Lipinski definition) is 4. The zero-order chi connectivity index (χ0) is 19.2. The fraction of sp³-hybridized carbons (Fsp3) is 0.350. The highest BCUT2D eigenvalue weighted by atomic mass is 32.2. The van der Waals surface area contributed by atoms with Crippen LogP contribution in [0.1, 0.15) is 12.5 Å². The fourth-order valence-corrected chi connectivity index (χ4v) is 5.99. The largest absolute Gasteiger partial charge is 0.497 e. The maximum Gasteiger partial charge on any atom is 0.329 e. The molecule has 4 rings (SSSR count). The Hall–Kier alpha value is -2.54. The quantitative estimate of drug-likeness (QED) is 0.758. The number of hydrogen-bond donors (Lipinski definition) is 0. The molecule has 0 aromatic heterocycles. The lowest BCUT2D eigenvalue weighted by Gasteiger charge is -2.24. The van der Waals surface area contributed by atoms with Crippen molar-refractivity contribution in [3.05, 3.63) is 54.1 Å². The van der Waals surface area contributed by atoms with Crippen molar-refractivity contribution in [1.82, 2.24) is 0 Å². The van der Waals surface area contributed by atoms with Gasteiger partial charge < -0.3 is 4.74 Å². The number of anilines is 2. The Morgan fingerprint density at radius 3 is 2.26 bits per heavy atom. The molecule has 27 heavy (non-hydrogen) atoms. The number of ether oxygens (including phenoxy) is 1. The third-order valence-corrected chi connectivity index (χ3v) is 7.05. The number of rotatable bonds is 4. The smallest absolute Gasteiger partial charge is 0.329 e. The molecule has 2 heterocycles. The first-order valence-corrected chi connectivity index (χ1v) is 10.8. The monoisotopic (exact) mass is 386 g/mol. The summed E-state index contributed by atoms with van der Waals surface area (Å²) >= 11 is 0. The number of urea groups is 1. The first-order valence-electron chi connectivity index (χ1n) is 9.00. The second-order valence-corrected chi connectivity index (χ2v) is 9.07. The number of benzene rings is 2. The molecule has 2 amide bonds. The van der Waals surface area contributed by atoms with Crippen LogP contribution in [0.15, 0.2) is 48.5 Å². The Labute approximate surface area is 159 Å². The van der Waals surface area contributed by atoms with Crippen molar-refractivity contribution in [3.63, 3.8) is 0 Å². The van der Waals surface area contributed by atoms with Crippen LogP contribution in [0.3, 0.4) is 0 Å². The van der Waals surface area contributed by atoms with Crippen molar-refractivity contribution in [1.29, 1.82) is 0 Å². The average molecular weight is 386 g/mol. The van der Waals surface area contributed by atoms with Crippen LogP contribution in [0.5, 0.6) is 5.75 Å². The highest BCUT2D eigenvalue weighted by Gasteiger charge is 2.54. The molecule has 7 heteroatoms. The number of carbonyl (C=O) groups excluding carboxylic acids is 1. The van der Waals surface area contributed by atoms with E-state index in [4.69, 9.17) is 4.74 Å². The molecule has 0 N–H and O–H groups in total. The van der Waals surface area contributed by atoms with Crippen LogP contribution in [0, 0.1) is 0 Å². The van der Waals surface area contributed by atoms with Gasteiger partial charge in [0, 0.05) is 11.4 Å². The predicted molar refractivity (Wildman–Crippen MR) is 105 cm³/mol. The highest BCUT2D eigenvalue weighted by Crippen LogP contribution is 2.39. The lowest BCUT2D eigenvalue weighted by Crippen LogP contribution is -2.38. The van der Waals surface area contributed by atoms with E-state index in [9.17, 15) is 13.2 Å². The third-order valence-electron chi connectivity index (χ3n) is 5.35. The predicted octanol–water partition coefficient (Wildman–Crippen LogP) is 2.87. The number of aryl methyl sites for hydroxylation is 1. The zero-order valence-electron chi connectivity index (χ0n) is 15.3. The molecule has 142 valence electrons. The lowest BCUT2D eigenvalue weighted by atomic mass is 10.1. The Kier molecular flexibility index (Phi) is 4.34. The standard InChI is InChI=1S/C20H22N2O4S/c1-3-14-6-4-5-7-17(14)22-19-13-27(24,25)12-18(19)21(20(22)23)15-8-10-16(26-2)11-9-15/h4-11,18-19H,3,12-13H2,1-2H3/t18-,19-/m1/s1. The third kappa shape index (κ3) is 2.96.